The first-order chi connectivity index (χ1) is 7.58. The van der Waals surface area contributed by atoms with Crippen molar-refractivity contribution < 1.29 is 4.79 Å². The van der Waals surface area contributed by atoms with Crippen LogP contribution in [0, 0.1) is 12.8 Å². The van der Waals surface area contributed by atoms with Crippen molar-refractivity contribution >= 4 is 12.0 Å². The number of hydrogen-bond acceptors (Lipinski definition) is 2. The average molecular weight is 219 g/mol. The molecule has 2 heteroatoms. The second-order valence-electron chi connectivity index (χ2n) is 4.57. The van der Waals surface area contributed by atoms with Crippen molar-refractivity contribution in [3.63, 3.8) is 0 Å². The van der Waals surface area contributed by atoms with Crippen molar-refractivity contribution in [2.75, 3.05) is 18.5 Å². The van der Waals surface area contributed by atoms with Crippen molar-refractivity contribution in [1.82, 2.24) is 0 Å². The Labute approximate surface area is 98.3 Å². The molecule has 0 aliphatic heterocycles. The molecule has 0 aliphatic carbocycles. The maximum atomic E-state index is 11.0. The van der Waals surface area contributed by atoms with E-state index in [1.165, 1.54) is 0 Å². The van der Waals surface area contributed by atoms with Crippen molar-refractivity contribution in [2.24, 2.45) is 5.92 Å². The molecule has 88 valence electrons. The number of rotatable bonds is 5. The molecule has 0 aliphatic rings. The van der Waals surface area contributed by atoms with Crippen LogP contribution in [-0.4, -0.2) is 19.9 Å². The third kappa shape index (κ3) is 3.09. The fraction of sp³-hybridized carbons (Fsp3) is 0.500. The van der Waals surface area contributed by atoms with Crippen molar-refractivity contribution in [3.05, 3.63) is 29.3 Å². The van der Waals surface area contributed by atoms with E-state index in [9.17, 15) is 4.79 Å². The van der Waals surface area contributed by atoms with E-state index in [0.29, 0.717) is 5.92 Å². The molecular weight excluding hydrogens is 198 g/mol. The number of benzene rings is 1. The number of carbonyl (C=O) groups is 1. The summed E-state index contributed by atoms with van der Waals surface area (Å²) in [5.41, 5.74) is 2.94. The number of nitrogens with zero attached hydrogens (tertiary/aromatic N) is 1. The maximum absolute atomic E-state index is 11.0. The van der Waals surface area contributed by atoms with E-state index < -0.39 is 0 Å². The van der Waals surface area contributed by atoms with Gasteiger partial charge in [0.1, 0.15) is 0 Å². The lowest BCUT2D eigenvalue weighted by molar-refractivity contribution is 0.112. The first kappa shape index (κ1) is 12.8. The van der Waals surface area contributed by atoms with Crippen LogP contribution in [0.1, 0.15) is 36.2 Å². The molecule has 0 saturated carbocycles. The van der Waals surface area contributed by atoms with Crippen LogP contribution in [0.5, 0.6) is 0 Å². The molecule has 0 amide bonds. The predicted octanol–water partition coefficient (Wildman–Crippen LogP) is 3.29. The van der Waals surface area contributed by atoms with E-state index >= 15 is 0 Å². The summed E-state index contributed by atoms with van der Waals surface area (Å²) in [7, 11) is 2.05. The lowest BCUT2D eigenvalue weighted by Gasteiger charge is -2.24. The summed E-state index contributed by atoms with van der Waals surface area (Å²) in [4.78, 5) is 13.2. The van der Waals surface area contributed by atoms with Crippen LogP contribution >= 0.6 is 0 Å². The SMILES string of the molecule is CCC(C)CN(C)c1ccc(C)cc1C=O. The van der Waals surface area contributed by atoms with Gasteiger partial charge in [-0.1, -0.05) is 31.9 Å². The Balaban J connectivity index is 2.90. The molecular formula is C14H21NO. The molecule has 1 aromatic carbocycles. The van der Waals surface area contributed by atoms with Gasteiger partial charge in [0.15, 0.2) is 6.29 Å². The Hall–Kier alpha value is -1.31. The number of hydrogen-bond donors (Lipinski definition) is 0. The lowest BCUT2D eigenvalue weighted by Crippen LogP contribution is -2.24. The zero-order chi connectivity index (χ0) is 12.1. The van der Waals surface area contributed by atoms with Crippen LogP contribution in [0.2, 0.25) is 0 Å². The van der Waals surface area contributed by atoms with Gasteiger partial charge in [-0.15, -0.1) is 0 Å². The topological polar surface area (TPSA) is 20.3 Å². The molecule has 2 nitrogen and oxygen atoms in total. The predicted molar refractivity (Wildman–Crippen MR) is 69.3 cm³/mol. The van der Waals surface area contributed by atoms with Gasteiger partial charge >= 0.3 is 0 Å². The van der Waals surface area contributed by atoms with Crippen LogP contribution in [0.4, 0.5) is 5.69 Å². The van der Waals surface area contributed by atoms with Crippen molar-refractivity contribution in [2.45, 2.75) is 27.2 Å². The molecule has 0 bridgehead atoms. The van der Waals surface area contributed by atoms with Crippen molar-refractivity contribution in [1.29, 1.82) is 0 Å². The molecule has 0 saturated heterocycles. The molecule has 1 rings (SSSR count). The first-order valence-corrected chi connectivity index (χ1v) is 5.85. The van der Waals surface area contributed by atoms with Gasteiger partial charge in [-0.25, -0.2) is 0 Å². The van der Waals surface area contributed by atoms with Gasteiger partial charge in [0.05, 0.1) is 0 Å². The fourth-order valence-corrected chi connectivity index (χ4v) is 1.81. The maximum Gasteiger partial charge on any atom is 0.152 e. The van der Waals surface area contributed by atoms with Crippen LogP contribution in [0.3, 0.4) is 0 Å². The largest absolute Gasteiger partial charge is 0.374 e. The van der Waals surface area contributed by atoms with Gasteiger partial charge in [0, 0.05) is 24.8 Å². The second kappa shape index (κ2) is 5.69. The van der Waals surface area contributed by atoms with E-state index in [2.05, 4.69) is 24.8 Å². The Bertz CT molecular complexity index is 360. The van der Waals surface area contributed by atoms with E-state index in [1.54, 1.807) is 0 Å². The number of anilines is 1. The Morgan fingerprint density at radius 3 is 2.69 bits per heavy atom. The fourth-order valence-electron chi connectivity index (χ4n) is 1.81. The van der Waals surface area contributed by atoms with Gasteiger partial charge in [0.2, 0.25) is 0 Å². The summed E-state index contributed by atoms with van der Waals surface area (Å²) in [5, 5.41) is 0. The van der Waals surface area contributed by atoms with Gasteiger partial charge in [-0.3, -0.25) is 4.79 Å². The minimum Gasteiger partial charge on any atom is -0.374 e. The molecule has 1 unspecified atom stereocenters. The molecule has 1 atom stereocenters. The summed E-state index contributed by atoms with van der Waals surface area (Å²) in [6.45, 7) is 7.41. The molecule has 16 heavy (non-hydrogen) atoms. The zero-order valence-electron chi connectivity index (χ0n) is 10.7. The number of carbonyl (C=O) groups excluding carboxylic acids is 1. The third-order valence-corrected chi connectivity index (χ3v) is 3.00. The monoisotopic (exact) mass is 219 g/mol. The van der Waals surface area contributed by atoms with Gasteiger partial charge in [-0.2, -0.15) is 0 Å². The summed E-state index contributed by atoms with van der Waals surface area (Å²) in [6, 6.07) is 6.02. The summed E-state index contributed by atoms with van der Waals surface area (Å²) < 4.78 is 0. The van der Waals surface area contributed by atoms with E-state index in [1.807, 2.05) is 26.1 Å². The van der Waals surface area contributed by atoms with Crippen LogP contribution in [0.25, 0.3) is 0 Å². The summed E-state index contributed by atoms with van der Waals surface area (Å²) >= 11 is 0. The van der Waals surface area contributed by atoms with E-state index in [-0.39, 0.29) is 0 Å². The molecule has 0 fully saturated rings. The normalized spacial score (nSPS) is 12.2. The Kier molecular flexibility index (Phi) is 4.53. The highest BCUT2D eigenvalue weighted by Crippen LogP contribution is 2.20. The lowest BCUT2D eigenvalue weighted by atomic mass is 10.1. The number of aldehydes is 1. The highest BCUT2D eigenvalue weighted by atomic mass is 16.1. The van der Waals surface area contributed by atoms with Crippen LogP contribution in [-0.2, 0) is 0 Å². The summed E-state index contributed by atoms with van der Waals surface area (Å²) in [5.74, 6) is 0.644. The highest BCUT2D eigenvalue weighted by molar-refractivity contribution is 5.84. The second-order valence-corrected chi connectivity index (χ2v) is 4.57. The first-order valence-electron chi connectivity index (χ1n) is 5.85. The van der Waals surface area contributed by atoms with E-state index in [4.69, 9.17) is 0 Å². The molecule has 0 spiro atoms. The van der Waals surface area contributed by atoms with Gasteiger partial charge in [0.25, 0.3) is 0 Å². The molecule has 0 N–H and O–H groups in total. The minimum absolute atomic E-state index is 0.644. The van der Waals surface area contributed by atoms with Gasteiger partial charge < -0.3 is 4.90 Å². The smallest absolute Gasteiger partial charge is 0.152 e. The quantitative estimate of drug-likeness (QED) is 0.708. The zero-order valence-corrected chi connectivity index (χ0v) is 10.7. The molecule has 1 aromatic rings. The molecule has 0 aromatic heterocycles. The van der Waals surface area contributed by atoms with Crippen molar-refractivity contribution in [3.8, 4) is 0 Å². The Morgan fingerprint density at radius 1 is 1.44 bits per heavy atom. The summed E-state index contributed by atoms with van der Waals surface area (Å²) in [6.07, 6.45) is 2.10. The van der Waals surface area contributed by atoms with Crippen LogP contribution in [0.15, 0.2) is 18.2 Å². The average Bonchev–Trinajstić information content (AvgIpc) is 2.28. The highest BCUT2D eigenvalue weighted by Gasteiger charge is 2.09. The third-order valence-electron chi connectivity index (χ3n) is 3.00. The molecule has 0 radical (unpaired) electrons. The molecule has 0 heterocycles. The van der Waals surface area contributed by atoms with E-state index in [0.717, 1.165) is 36.1 Å². The van der Waals surface area contributed by atoms with Crippen LogP contribution < -0.4 is 4.90 Å². The minimum atomic E-state index is 0.644. The van der Waals surface area contributed by atoms with Gasteiger partial charge in [-0.05, 0) is 25.0 Å². The standard InChI is InChI=1S/C14H21NO/c1-5-11(2)9-15(4)14-7-6-12(3)8-13(14)10-16/h6-8,10-11H,5,9H2,1-4H3. The number of aryl methyl sites for hydroxylation is 1. The Morgan fingerprint density at radius 2 is 2.12 bits per heavy atom.